The molecular formula is C54H38N2O4. The van der Waals surface area contributed by atoms with Crippen LogP contribution in [0.3, 0.4) is 0 Å². The highest BCUT2D eigenvalue weighted by atomic mass is 16.5. The fourth-order valence-electron chi connectivity index (χ4n) is 8.80. The minimum atomic E-state index is -0.406. The largest absolute Gasteiger partial charge is 0.465 e. The average Bonchev–Trinajstić information content (AvgIpc) is 3.65. The number of carbonyl (C=O) groups is 2. The molecule has 60 heavy (non-hydrogen) atoms. The van der Waals surface area contributed by atoms with Crippen molar-refractivity contribution in [3.8, 4) is 27.9 Å². The second kappa shape index (κ2) is 15.1. The second-order valence-corrected chi connectivity index (χ2v) is 14.7. The Kier molecular flexibility index (Phi) is 9.15. The van der Waals surface area contributed by atoms with E-state index in [0.29, 0.717) is 11.1 Å². The predicted molar refractivity (Wildman–Crippen MR) is 244 cm³/mol. The summed E-state index contributed by atoms with van der Waals surface area (Å²) in [5.74, 6) is -0.807. The monoisotopic (exact) mass is 778 g/mol. The summed E-state index contributed by atoms with van der Waals surface area (Å²) in [7, 11) is 2.80. The zero-order valence-corrected chi connectivity index (χ0v) is 33.0. The lowest BCUT2D eigenvalue weighted by atomic mass is 9.84. The van der Waals surface area contributed by atoms with Gasteiger partial charge in [-0.3, -0.25) is 0 Å². The Hall–Kier alpha value is -7.96. The standard InChI is InChI=1S/C54H38N2O4/c1-59-53(57)37-17-12-15-35(33-37)50-44-23-6-7-24-45(44)51(36-16-13-18-38(34-36)54(58)60-2)52-46(50)25-14-28-49(52)55(39-19-4-3-5-20-39)40-29-31-41(32-30-40)56-47-26-10-8-21-42(47)43-22-9-11-27-48(43)56/h3-34H,1-2H3. The van der Waals surface area contributed by atoms with Gasteiger partial charge in [0.15, 0.2) is 0 Å². The molecule has 0 bridgehead atoms. The molecule has 0 unspecified atom stereocenters. The second-order valence-electron chi connectivity index (χ2n) is 14.7. The van der Waals surface area contributed by atoms with Crippen LogP contribution in [-0.4, -0.2) is 30.7 Å². The number of esters is 2. The molecule has 0 aliphatic heterocycles. The summed E-state index contributed by atoms with van der Waals surface area (Å²) in [6.45, 7) is 0. The van der Waals surface area contributed by atoms with E-state index in [1.807, 2.05) is 48.5 Å². The van der Waals surface area contributed by atoms with Crippen molar-refractivity contribution in [3.63, 3.8) is 0 Å². The van der Waals surface area contributed by atoms with Crippen LogP contribution in [0.15, 0.2) is 194 Å². The molecule has 0 spiro atoms. The maximum atomic E-state index is 13.0. The highest BCUT2D eigenvalue weighted by molar-refractivity contribution is 6.25. The van der Waals surface area contributed by atoms with Gasteiger partial charge >= 0.3 is 11.9 Å². The first kappa shape index (κ1) is 36.4. The Morgan fingerprint density at radius 2 is 0.900 bits per heavy atom. The van der Waals surface area contributed by atoms with E-state index in [0.717, 1.165) is 77.6 Å². The Morgan fingerprint density at radius 3 is 1.48 bits per heavy atom. The summed E-state index contributed by atoms with van der Waals surface area (Å²) in [5, 5.41) is 6.38. The van der Waals surface area contributed by atoms with Crippen LogP contribution >= 0.6 is 0 Å². The Labute approximate surface area is 347 Å². The molecule has 1 heterocycles. The van der Waals surface area contributed by atoms with Crippen LogP contribution in [0.25, 0.3) is 71.3 Å². The van der Waals surface area contributed by atoms with Crippen LogP contribution in [0, 0.1) is 0 Å². The molecule has 6 nitrogen and oxygen atoms in total. The number of hydrogen-bond donors (Lipinski definition) is 0. The van der Waals surface area contributed by atoms with Crippen LogP contribution in [0.4, 0.5) is 17.1 Å². The van der Waals surface area contributed by atoms with Crippen molar-refractivity contribution in [2.45, 2.75) is 0 Å². The molecule has 0 aliphatic rings. The highest BCUT2D eigenvalue weighted by Crippen LogP contribution is 2.50. The first-order valence-corrected chi connectivity index (χ1v) is 19.8. The Bertz CT molecular complexity index is 3220. The normalized spacial score (nSPS) is 11.3. The maximum Gasteiger partial charge on any atom is 0.337 e. The molecule has 0 aliphatic carbocycles. The van der Waals surface area contributed by atoms with Crippen molar-refractivity contribution >= 4 is 72.4 Å². The van der Waals surface area contributed by atoms with Gasteiger partial charge in [-0.15, -0.1) is 0 Å². The number of ether oxygens (including phenoxy) is 2. The molecule has 0 saturated carbocycles. The highest BCUT2D eigenvalue weighted by Gasteiger charge is 2.24. The van der Waals surface area contributed by atoms with Crippen molar-refractivity contribution in [1.82, 2.24) is 4.57 Å². The number of nitrogens with zero attached hydrogens (tertiary/aromatic N) is 2. The molecule has 0 N–H and O–H groups in total. The summed E-state index contributed by atoms with van der Waals surface area (Å²) in [6.07, 6.45) is 0. The number of carbonyl (C=O) groups excluding carboxylic acids is 2. The fourth-order valence-corrected chi connectivity index (χ4v) is 8.80. The number of benzene rings is 9. The molecule has 9 aromatic carbocycles. The third-order valence-corrected chi connectivity index (χ3v) is 11.4. The first-order valence-electron chi connectivity index (χ1n) is 19.8. The molecule has 0 atom stereocenters. The Morgan fingerprint density at radius 1 is 0.433 bits per heavy atom. The minimum absolute atomic E-state index is 0.401. The van der Waals surface area contributed by atoms with E-state index in [9.17, 15) is 9.59 Å². The van der Waals surface area contributed by atoms with Crippen LogP contribution in [0.1, 0.15) is 20.7 Å². The van der Waals surface area contributed by atoms with Crippen molar-refractivity contribution in [2.24, 2.45) is 0 Å². The van der Waals surface area contributed by atoms with Crippen LogP contribution in [0.5, 0.6) is 0 Å². The molecule has 0 amide bonds. The van der Waals surface area contributed by atoms with Crippen molar-refractivity contribution in [1.29, 1.82) is 0 Å². The number of para-hydroxylation sites is 3. The van der Waals surface area contributed by atoms with Gasteiger partial charge in [-0.1, -0.05) is 115 Å². The van der Waals surface area contributed by atoms with E-state index in [-0.39, 0.29) is 0 Å². The van der Waals surface area contributed by atoms with Crippen molar-refractivity contribution in [2.75, 3.05) is 19.1 Å². The molecule has 0 fully saturated rings. The van der Waals surface area contributed by atoms with E-state index < -0.39 is 11.9 Å². The predicted octanol–water partition coefficient (Wildman–Crippen LogP) is 13.5. The zero-order valence-electron chi connectivity index (χ0n) is 33.0. The molecule has 288 valence electrons. The maximum absolute atomic E-state index is 13.0. The van der Waals surface area contributed by atoms with Crippen molar-refractivity contribution in [3.05, 3.63) is 205 Å². The Balaban J connectivity index is 1.28. The topological polar surface area (TPSA) is 60.8 Å². The summed E-state index contributed by atoms with van der Waals surface area (Å²) in [4.78, 5) is 28.2. The minimum Gasteiger partial charge on any atom is -0.465 e. The zero-order chi connectivity index (χ0) is 40.7. The number of aromatic nitrogens is 1. The smallest absolute Gasteiger partial charge is 0.337 e. The van der Waals surface area contributed by atoms with E-state index in [1.165, 1.54) is 25.0 Å². The van der Waals surface area contributed by atoms with Gasteiger partial charge in [0.25, 0.3) is 0 Å². The summed E-state index contributed by atoms with van der Waals surface area (Å²) >= 11 is 0. The number of anilines is 3. The number of fused-ring (bicyclic) bond motifs is 5. The quantitative estimate of drug-likeness (QED) is 0.114. The van der Waals surface area contributed by atoms with Crippen LogP contribution in [0.2, 0.25) is 0 Å². The van der Waals surface area contributed by atoms with E-state index >= 15 is 0 Å². The molecular weight excluding hydrogens is 741 g/mol. The van der Waals surface area contributed by atoms with Gasteiger partial charge in [0, 0.05) is 33.2 Å². The molecule has 0 saturated heterocycles. The third kappa shape index (κ3) is 6.05. The third-order valence-electron chi connectivity index (χ3n) is 11.4. The van der Waals surface area contributed by atoms with Gasteiger partial charge in [0.1, 0.15) is 0 Å². The lowest BCUT2D eigenvalue weighted by Gasteiger charge is -2.29. The van der Waals surface area contributed by atoms with Gasteiger partial charge in [0.2, 0.25) is 0 Å². The average molecular weight is 779 g/mol. The van der Waals surface area contributed by atoms with Crippen LogP contribution in [-0.2, 0) is 9.47 Å². The molecule has 1 aromatic heterocycles. The van der Waals surface area contributed by atoms with Gasteiger partial charge in [-0.25, -0.2) is 9.59 Å². The fraction of sp³-hybridized carbons (Fsp3) is 0.0370. The van der Waals surface area contributed by atoms with E-state index in [2.05, 4.69) is 143 Å². The lowest BCUT2D eigenvalue weighted by Crippen LogP contribution is -2.11. The van der Waals surface area contributed by atoms with E-state index in [1.54, 1.807) is 12.1 Å². The number of hydrogen-bond acceptors (Lipinski definition) is 5. The van der Waals surface area contributed by atoms with Gasteiger partial charge in [-0.2, -0.15) is 0 Å². The number of rotatable bonds is 8. The molecule has 0 radical (unpaired) electrons. The lowest BCUT2D eigenvalue weighted by molar-refractivity contribution is 0.0592. The SMILES string of the molecule is COC(=O)c1cccc(-c2c3ccccc3c(-c3cccc(C(=O)OC)c3)c3c(N(c4ccccc4)c4ccc(-n5c6ccccc6c6ccccc65)cc4)cccc23)c1. The van der Waals surface area contributed by atoms with Crippen LogP contribution < -0.4 is 4.90 Å². The first-order chi connectivity index (χ1) is 29.5. The summed E-state index contributed by atoms with van der Waals surface area (Å²) in [6, 6.07) is 66.2. The molecule has 6 heteroatoms. The number of methoxy groups -OCH3 is 2. The van der Waals surface area contributed by atoms with E-state index in [4.69, 9.17) is 9.47 Å². The van der Waals surface area contributed by atoms with Gasteiger partial charge in [0.05, 0.1) is 42.1 Å². The molecule has 10 aromatic rings. The summed E-state index contributed by atoms with van der Waals surface area (Å²) < 4.78 is 12.7. The van der Waals surface area contributed by atoms with Crippen molar-refractivity contribution < 1.29 is 19.1 Å². The summed E-state index contributed by atoms with van der Waals surface area (Å²) in [5.41, 5.74) is 10.9. The van der Waals surface area contributed by atoms with Gasteiger partial charge < -0.3 is 18.9 Å². The molecule has 10 rings (SSSR count). The van der Waals surface area contributed by atoms with Gasteiger partial charge in [-0.05, 0) is 117 Å².